The molecular weight excluding hydrogens is 338 g/mol. The molecule has 0 N–H and O–H groups in total. The van der Waals surface area contributed by atoms with Gasteiger partial charge in [0.1, 0.15) is 16.4 Å². The predicted octanol–water partition coefficient (Wildman–Crippen LogP) is 3.81. The molecule has 0 aliphatic carbocycles. The highest BCUT2D eigenvalue weighted by molar-refractivity contribution is 7.18. The Kier molecular flexibility index (Phi) is 4.01. The number of para-hydroxylation sites is 1. The van der Waals surface area contributed by atoms with Crippen LogP contribution in [0.2, 0.25) is 0 Å². The van der Waals surface area contributed by atoms with Gasteiger partial charge in [0.25, 0.3) is 0 Å². The summed E-state index contributed by atoms with van der Waals surface area (Å²) < 4.78 is 2.95. The number of likely N-dealkylation sites (tertiary alicyclic amines) is 1. The highest BCUT2D eigenvalue weighted by atomic mass is 32.1. The van der Waals surface area contributed by atoms with Crippen molar-refractivity contribution in [3.8, 4) is 0 Å². The minimum absolute atomic E-state index is 0.121. The molecule has 25 heavy (non-hydrogen) atoms. The van der Waals surface area contributed by atoms with Gasteiger partial charge in [-0.2, -0.15) is 5.10 Å². The molecule has 1 fully saturated rings. The van der Waals surface area contributed by atoms with Crippen molar-refractivity contribution in [3.63, 3.8) is 0 Å². The van der Waals surface area contributed by atoms with E-state index in [0.717, 1.165) is 29.9 Å². The van der Waals surface area contributed by atoms with Crippen LogP contribution in [0.5, 0.6) is 0 Å². The third-order valence-electron chi connectivity index (χ3n) is 4.80. The number of rotatable bonds is 4. The van der Waals surface area contributed by atoms with Crippen LogP contribution in [0.1, 0.15) is 35.3 Å². The fourth-order valence-electron chi connectivity index (χ4n) is 3.57. The number of hydrogen-bond donors (Lipinski definition) is 0. The molecule has 3 heterocycles. The van der Waals surface area contributed by atoms with E-state index in [4.69, 9.17) is 4.98 Å². The van der Waals surface area contributed by atoms with Gasteiger partial charge in [0.05, 0.1) is 27.9 Å². The lowest BCUT2D eigenvalue weighted by molar-refractivity contribution is -0.386. The molecule has 0 unspecified atom stereocenters. The van der Waals surface area contributed by atoms with Gasteiger partial charge in [0.2, 0.25) is 0 Å². The number of nitrogens with zero attached hydrogens (tertiary/aromatic N) is 5. The first-order valence-corrected chi connectivity index (χ1v) is 9.14. The van der Waals surface area contributed by atoms with Crippen molar-refractivity contribution in [2.45, 2.75) is 39.4 Å². The zero-order chi connectivity index (χ0) is 17.6. The summed E-state index contributed by atoms with van der Waals surface area (Å²) in [5.41, 5.74) is 2.24. The summed E-state index contributed by atoms with van der Waals surface area (Å²) in [6, 6.07) is 8.43. The van der Waals surface area contributed by atoms with Gasteiger partial charge in [-0.3, -0.25) is 15.0 Å². The normalized spacial score (nSPS) is 18.2. The van der Waals surface area contributed by atoms with Crippen molar-refractivity contribution in [1.29, 1.82) is 0 Å². The number of aryl methyl sites for hydroxylation is 1. The van der Waals surface area contributed by atoms with Crippen LogP contribution in [0.4, 0.5) is 5.69 Å². The molecule has 7 nitrogen and oxygen atoms in total. The molecule has 1 atom stereocenters. The maximum absolute atomic E-state index is 11.2. The molecule has 1 aliphatic rings. The summed E-state index contributed by atoms with van der Waals surface area (Å²) in [5, 5.41) is 16.7. The van der Waals surface area contributed by atoms with Gasteiger partial charge in [0.15, 0.2) is 0 Å². The Balaban J connectivity index is 1.62. The summed E-state index contributed by atoms with van der Waals surface area (Å²) in [6.45, 7) is 4.96. The molecule has 130 valence electrons. The van der Waals surface area contributed by atoms with Gasteiger partial charge >= 0.3 is 5.69 Å². The van der Waals surface area contributed by atoms with Crippen LogP contribution >= 0.6 is 11.3 Å². The molecule has 0 saturated carbocycles. The molecule has 1 saturated heterocycles. The molecule has 3 aromatic rings. The van der Waals surface area contributed by atoms with Crippen molar-refractivity contribution in [2.75, 3.05) is 6.54 Å². The van der Waals surface area contributed by atoms with Gasteiger partial charge in [-0.1, -0.05) is 12.1 Å². The van der Waals surface area contributed by atoms with E-state index in [1.54, 1.807) is 29.9 Å². The van der Waals surface area contributed by atoms with Crippen molar-refractivity contribution < 1.29 is 4.92 Å². The molecule has 0 amide bonds. The molecular formula is C17H19N5O2S. The molecule has 1 aromatic carbocycles. The first kappa shape index (κ1) is 16.2. The van der Waals surface area contributed by atoms with Crippen LogP contribution < -0.4 is 0 Å². The molecule has 1 aliphatic heterocycles. The Bertz CT molecular complexity index is 915. The second kappa shape index (κ2) is 6.20. The number of nitro groups is 1. The fraction of sp³-hybridized carbons (Fsp3) is 0.412. The lowest BCUT2D eigenvalue weighted by atomic mass is 10.2. The van der Waals surface area contributed by atoms with Gasteiger partial charge in [-0.15, -0.1) is 11.3 Å². The van der Waals surface area contributed by atoms with Crippen LogP contribution in [0.3, 0.4) is 0 Å². The van der Waals surface area contributed by atoms with Gasteiger partial charge in [0, 0.05) is 6.54 Å². The summed E-state index contributed by atoms with van der Waals surface area (Å²) in [7, 11) is 0. The van der Waals surface area contributed by atoms with E-state index in [1.165, 1.54) is 4.70 Å². The van der Waals surface area contributed by atoms with Crippen molar-refractivity contribution >= 4 is 27.2 Å². The summed E-state index contributed by atoms with van der Waals surface area (Å²) in [4.78, 5) is 18.0. The van der Waals surface area contributed by atoms with Crippen molar-refractivity contribution in [2.24, 2.45) is 0 Å². The van der Waals surface area contributed by atoms with Gasteiger partial charge in [-0.25, -0.2) is 9.67 Å². The number of fused-ring (bicyclic) bond motifs is 1. The molecule has 8 heteroatoms. The summed E-state index contributed by atoms with van der Waals surface area (Å²) in [6.07, 6.45) is 2.16. The zero-order valence-corrected chi connectivity index (χ0v) is 15.0. The lowest BCUT2D eigenvalue weighted by Gasteiger charge is -2.23. The molecule has 0 radical (unpaired) electrons. The Morgan fingerprint density at radius 3 is 2.88 bits per heavy atom. The predicted molar refractivity (Wildman–Crippen MR) is 96.7 cm³/mol. The standard InChI is InChI=1S/C17H19N5O2S/c1-11-16(22(23)24)12(2)21(19-11)10-20-9-5-7-14(20)17-18-13-6-3-4-8-15(13)25-17/h3-4,6,8,14H,5,7,9-10H2,1-2H3/t14-/m0/s1. The van der Waals surface area contributed by atoms with Crippen LogP contribution in [-0.2, 0) is 6.67 Å². The molecule has 0 spiro atoms. The van der Waals surface area contributed by atoms with E-state index in [9.17, 15) is 10.1 Å². The second-order valence-corrected chi connectivity index (χ2v) is 7.47. The highest BCUT2D eigenvalue weighted by Crippen LogP contribution is 2.37. The molecule has 2 aromatic heterocycles. The summed E-state index contributed by atoms with van der Waals surface area (Å²) in [5.74, 6) is 0. The number of benzene rings is 1. The van der Waals surface area contributed by atoms with Crippen LogP contribution in [0.15, 0.2) is 24.3 Å². The lowest BCUT2D eigenvalue weighted by Crippen LogP contribution is -2.27. The third kappa shape index (κ3) is 2.81. The number of hydrogen-bond acceptors (Lipinski definition) is 6. The Morgan fingerprint density at radius 1 is 1.36 bits per heavy atom. The van der Waals surface area contributed by atoms with Gasteiger partial charge < -0.3 is 0 Å². The van der Waals surface area contributed by atoms with E-state index >= 15 is 0 Å². The Morgan fingerprint density at radius 2 is 2.16 bits per heavy atom. The first-order chi connectivity index (χ1) is 12.0. The van der Waals surface area contributed by atoms with E-state index in [0.29, 0.717) is 18.1 Å². The minimum atomic E-state index is -0.344. The number of aromatic nitrogens is 3. The zero-order valence-electron chi connectivity index (χ0n) is 14.2. The molecule has 4 rings (SSSR count). The van der Waals surface area contributed by atoms with Crippen LogP contribution in [0, 0.1) is 24.0 Å². The average Bonchev–Trinajstić information content (AvgIpc) is 3.25. The number of thiazole rings is 1. The minimum Gasteiger partial charge on any atom is -0.275 e. The van der Waals surface area contributed by atoms with E-state index in [1.807, 2.05) is 18.2 Å². The average molecular weight is 357 g/mol. The van der Waals surface area contributed by atoms with Crippen LogP contribution in [0.25, 0.3) is 10.2 Å². The highest BCUT2D eigenvalue weighted by Gasteiger charge is 2.31. The maximum atomic E-state index is 11.2. The van der Waals surface area contributed by atoms with E-state index in [2.05, 4.69) is 16.1 Å². The van der Waals surface area contributed by atoms with E-state index < -0.39 is 0 Å². The first-order valence-electron chi connectivity index (χ1n) is 8.32. The SMILES string of the molecule is Cc1nn(CN2CCC[C@H]2c2nc3ccccc3s2)c(C)c1[N+](=O)[O-]. The van der Waals surface area contributed by atoms with Gasteiger partial charge in [-0.05, 0) is 38.8 Å². The maximum Gasteiger partial charge on any atom is 0.312 e. The fourth-order valence-corrected chi connectivity index (χ4v) is 4.71. The monoisotopic (exact) mass is 357 g/mol. The second-order valence-electron chi connectivity index (χ2n) is 6.41. The summed E-state index contributed by atoms with van der Waals surface area (Å²) >= 11 is 1.74. The topological polar surface area (TPSA) is 77.1 Å². The molecule has 0 bridgehead atoms. The van der Waals surface area contributed by atoms with Crippen molar-refractivity contribution in [3.05, 3.63) is 50.8 Å². The Labute approximate surface area is 149 Å². The van der Waals surface area contributed by atoms with Crippen molar-refractivity contribution in [1.82, 2.24) is 19.7 Å². The quantitative estimate of drug-likeness (QED) is 0.524. The largest absolute Gasteiger partial charge is 0.312 e. The van der Waals surface area contributed by atoms with E-state index in [-0.39, 0.29) is 16.7 Å². The van der Waals surface area contributed by atoms with Crippen LogP contribution in [-0.4, -0.2) is 31.1 Å². The smallest absolute Gasteiger partial charge is 0.275 e. The Hall–Kier alpha value is -2.32. The third-order valence-corrected chi connectivity index (χ3v) is 5.94.